The fourth-order valence-electron chi connectivity index (χ4n) is 4.32. The molecule has 0 aliphatic rings. The van der Waals surface area contributed by atoms with Crippen LogP contribution in [-0.2, 0) is 14.4 Å². The van der Waals surface area contributed by atoms with E-state index in [0.29, 0.717) is 17.8 Å². The van der Waals surface area contributed by atoms with Crippen molar-refractivity contribution < 1.29 is 24.6 Å². The van der Waals surface area contributed by atoms with Gasteiger partial charge in [-0.25, -0.2) is 0 Å². The number of hydrogen-bond acceptors (Lipinski definition) is 5. The normalized spacial score (nSPS) is 12.3. The zero-order valence-electron chi connectivity index (χ0n) is 25.7. The highest BCUT2D eigenvalue weighted by Crippen LogP contribution is 2.20. The van der Waals surface area contributed by atoms with Crippen molar-refractivity contribution in [3.05, 3.63) is 36.4 Å². The van der Waals surface area contributed by atoms with Gasteiger partial charge in [-0.3, -0.25) is 14.4 Å². The van der Waals surface area contributed by atoms with Crippen LogP contribution in [0.4, 0.5) is 11.4 Å². The summed E-state index contributed by atoms with van der Waals surface area (Å²) in [6.07, 6.45) is 19.6. The maximum atomic E-state index is 12.3. The summed E-state index contributed by atoms with van der Waals surface area (Å²) in [7, 11) is 0. The lowest BCUT2D eigenvalue weighted by Crippen LogP contribution is -2.46. The van der Waals surface area contributed by atoms with Crippen LogP contribution in [0.15, 0.2) is 36.4 Å². The summed E-state index contributed by atoms with van der Waals surface area (Å²) in [6.45, 7) is 5.12. The van der Waals surface area contributed by atoms with Crippen LogP contribution in [0.3, 0.4) is 0 Å². The molecule has 0 heterocycles. The van der Waals surface area contributed by atoms with Crippen molar-refractivity contribution in [1.82, 2.24) is 5.32 Å². The number of amides is 3. The number of anilines is 2. The van der Waals surface area contributed by atoms with Crippen molar-refractivity contribution in [2.45, 2.75) is 123 Å². The summed E-state index contributed by atoms with van der Waals surface area (Å²) < 4.78 is 0. The first kappa shape index (κ1) is 36.3. The first-order valence-corrected chi connectivity index (χ1v) is 15.6. The maximum absolute atomic E-state index is 12.3. The third-order valence-corrected chi connectivity index (χ3v) is 7.14. The topological polar surface area (TPSA) is 128 Å². The van der Waals surface area contributed by atoms with Gasteiger partial charge < -0.3 is 26.2 Å². The number of allylic oxidation sites excluding steroid dienone is 2. The fourth-order valence-corrected chi connectivity index (χ4v) is 4.32. The first-order chi connectivity index (χ1) is 19.7. The molecule has 5 N–H and O–H groups in total. The zero-order chi connectivity index (χ0) is 30.3. The summed E-state index contributed by atoms with van der Waals surface area (Å²) in [5.74, 6) is -0.982. The van der Waals surface area contributed by atoms with Gasteiger partial charge in [0.1, 0.15) is 6.10 Å². The SMILES string of the molecule is CCCCCCCC/C=C\CCCCCCCC(=O)Nc1cccc(NC(=O)CCNC(=O)C(O)C(C)(C)CO)c1. The molecule has 0 aliphatic heterocycles. The highest BCUT2D eigenvalue weighted by Gasteiger charge is 2.32. The van der Waals surface area contributed by atoms with Gasteiger partial charge in [-0.05, 0) is 50.3 Å². The quantitative estimate of drug-likeness (QED) is 0.0756. The van der Waals surface area contributed by atoms with Crippen molar-refractivity contribution in [3.63, 3.8) is 0 Å². The zero-order valence-corrected chi connectivity index (χ0v) is 25.7. The van der Waals surface area contributed by atoms with Crippen molar-refractivity contribution in [3.8, 4) is 0 Å². The maximum Gasteiger partial charge on any atom is 0.249 e. The third-order valence-electron chi connectivity index (χ3n) is 7.14. The second-order valence-corrected chi connectivity index (χ2v) is 11.6. The number of aliphatic hydroxyl groups is 2. The third kappa shape index (κ3) is 17.7. The molecule has 0 saturated carbocycles. The van der Waals surface area contributed by atoms with Crippen molar-refractivity contribution in [1.29, 1.82) is 0 Å². The molecule has 1 atom stereocenters. The van der Waals surface area contributed by atoms with Crippen molar-refractivity contribution in [2.24, 2.45) is 5.41 Å². The molecule has 0 radical (unpaired) electrons. The summed E-state index contributed by atoms with van der Waals surface area (Å²) in [4.78, 5) is 36.6. The highest BCUT2D eigenvalue weighted by atomic mass is 16.3. The van der Waals surface area contributed by atoms with Gasteiger partial charge in [-0.1, -0.05) is 90.4 Å². The van der Waals surface area contributed by atoms with Gasteiger partial charge >= 0.3 is 0 Å². The van der Waals surface area contributed by atoms with Crippen LogP contribution in [0.5, 0.6) is 0 Å². The van der Waals surface area contributed by atoms with Crippen LogP contribution in [-0.4, -0.2) is 47.2 Å². The van der Waals surface area contributed by atoms with E-state index < -0.39 is 17.4 Å². The van der Waals surface area contributed by atoms with E-state index in [9.17, 15) is 24.6 Å². The predicted octanol–water partition coefficient (Wildman–Crippen LogP) is 6.49. The Bertz CT molecular complexity index is 916. The number of unbranched alkanes of at least 4 members (excludes halogenated alkanes) is 11. The van der Waals surface area contributed by atoms with E-state index in [0.717, 1.165) is 25.7 Å². The van der Waals surface area contributed by atoms with Gasteiger partial charge in [0.05, 0.1) is 6.61 Å². The van der Waals surface area contributed by atoms with Crippen LogP contribution in [0, 0.1) is 5.41 Å². The minimum absolute atomic E-state index is 0.0179. The fraction of sp³-hybridized carbons (Fsp3) is 0.667. The van der Waals surface area contributed by atoms with Crippen LogP contribution < -0.4 is 16.0 Å². The molecule has 1 aromatic rings. The molecule has 1 unspecified atom stereocenters. The Balaban J connectivity index is 2.16. The lowest BCUT2D eigenvalue weighted by Gasteiger charge is -2.27. The van der Waals surface area contributed by atoms with E-state index in [-0.39, 0.29) is 31.4 Å². The summed E-state index contributed by atoms with van der Waals surface area (Å²) in [5, 5.41) is 27.4. The Morgan fingerprint density at radius 1 is 0.805 bits per heavy atom. The lowest BCUT2D eigenvalue weighted by atomic mass is 9.87. The van der Waals surface area contributed by atoms with Gasteiger partial charge in [-0.2, -0.15) is 0 Å². The van der Waals surface area contributed by atoms with Crippen LogP contribution in [0.2, 0.25) is 0 Å². The number of rotatable bonds is 23. The molecule has 0 aromatic heterocycles. The van der Waals surface area contributed by atoms with Gasteiger partial charge in [0.2, 0.25) is 17.7 Å². The molecular formula is C33H55N3O5. The molecule has 0 saturated heterocycles. The Labute approximate surface area is 247 Å². The Morgan fingerprint density at radius 2 is 1.32 bits per heavy atom. The number of nitrogens with one attached hydrogen (secondary N) is 3. The van der Waals surface area contributed by atoms with E-state index in [4.69, 9.17) is 0 Å². The van der Waals surface area contributed by atoms with Crippen LogP contribution in [0.25, 0.3) is 0 Å². The molecule has 1 rings (SSSR count). The highest BCUT2D eigenvalue weighted by molar-refractivity contribution is 5.94. The number of carbonyl (C=O) groups is 3. The molecule has 0 spiro atoms. The van der Waals surface area contributed by atoms with Gasteiger partial charge in [0, 0.05) is 36.2 Å². The molecule has 0 fully saturated rings. The molecule has 8 heteroatoms. The van der Waals surface area contributed by atoms with E-state index >= 15 is 0 Å². The van der Waals surface area contributed by atoms with Crippen LogP contribution in [0.1, 0.15) is 117 Å². The largest absolute Gasteiger partial charge is 0.396 e. The summed E-state index contributed by atoms with van der Waals surface area (Å²) >= 11 is 0. The van der Waals surface area contributed by atoms with E-state index in [1.165, 1.54) is 57.8 Å². The standard InChI is InChI=1S/C33H55N3O5/c1-4-5-6-7-8-9-10-11-12-13-14-15-16-17-18-22-29(38)35-27-20-19-21-28(25-27)36-30(39)23-24-34-32(41)31(40)33(2,3)26-37/h11-12,19-21,25,31,37,40H,4-10,13-18,22-24,26H2,1-3H3,(H,34,41)(H,35,38)(H,36,39)/b12-11-. The van der Waals surface area contributed by atoms with Crippen LogP contribution >= 0.6 is 0 Å². The Kier molecular flexibility index (Phi) is 19.5. The molecule has 3 amide bonds. The average molecular weight is 574 g/mol. The number of benzene rings is 1. The minimum atomic E-state index is -1.37. The molecule has 232 valence electrons. The van der Waals surface area contributed by atoms with Crippen molar-refractivity contribution in [2.75, 3.05) is 23.8 Å². The van der Waals surface area contributed by atoms with Gasteiger partial charge in [0.25, 0.3) is 0 Å². The smallest absolute Gasteiger partial charge is 0.249 e. The van der Waals surface area contributed by atoms with E-state index in [1.54, 1.807) is 38.1 Å². The number of aliphatic hydroxyl groups excluding tert-OH is 2. The molecular weight excluding hydrogens is 518 g/mol. The second kappa shape index (κ2) is 22.0. The summed E-state index contributed by atoms with van der Waals surface area (Å²) in [6, 6.07) is 6.95. The van der Waals surface area contributed by atoms with Gasteiger partial charge in [-0.15, -0.1) is 0 Å². The molecule has 0 bridgehead atoms. The Morgan fingerprint density at radius 3 is 1.88 bits per heavy atom. The molecule has 8 nitrogen and oxygen atoms in total. The molecule has 1 aromatic carbocycles. The minimum Gasteiger partial charge on any atom is -0.396 e. The first-order valence-electron chi connectivity index (χ1n) is 15.6. The molecule has 41 heavy (non-hydrogen) atoms. The second-order valence-electron chi connectivity index (χ2n) is 11.6. The van der Waals surface area contributed by atoms with Gasteiger partial charge in [0.15, 0.2) is 0 Å². The summed E-state index contributed by atoms with van der Waals surface area (Å²) in [5.41, 5.74) is 0.186. The monoisotopic (exact) mass is 573 g/mol. The van der Waals surface area contributed by atoms with E-state index in [1.807, 2.05) is 0 Å². The van der Waals surface area contributed by atoms with Crippen molar-refractivity contribution >= 4 is 29.1 Å². The Hall–Kier alpha value is -2.71. The number of carbonyl (C=O) groups excluding carboxylic acids is 3. The average Bonchev–Trinajstić information content (AvgIpc) is 2.94. The molecule has 0 aliphatic carbocycles. The number of hydrogen-bond donors (Lipinski definition) is 5. The van der Waals surface area contributed by atoms with E-state index in [2.05, 4.69) is 35.0 Å². The predicted molar refractivity (Wildman–Crippen MR) is 168 cm³/mol. The lowest BCUT2D eigenvalue weighted by molar-refractivity contribution is -0.137.